The van der Waals surface area contributed by atoms with E-state index in [1.54, 1.807) is 0 Å². The summed E-state index contributed by atoms with van der Waals surface area (Å²) in [4.78, 5) is 10.4. The molecule has 0 bridgehead atoms. The van der Waals surface area contributed by atoms with Crippen LogP contribution >= 0.6 is 15.9 Å². The first kappa shape index (κ1) is 12.9. The number of aryl methyl sites for hydroxylation is 1. The van der Waals surface area contributed by atoms with Gasteiger partial charge in [-0.1, -0.05) is 0 Å². The van der Waals surface area contributed by atoms with Crippen molar-refractivity contribution < 1.29 is 10.0 Å². The molecule has 0 saturated carbocycles. The Kier molecular flexibility index (Phi) is 4.69. The van der Waals surface area contributed by atoms with E-state index >= 15 is 0 Å². The number of rotatable bonds is 6. The molecular weight excluding hydrogens is 280 g/mol. The van der Waals surface area contributed by atoms with Crippen LogP contribution in [-0.2, 0) is 6.54 Å². The van der Waals surface area contributed by atoms with Gasteiger partial charge in [0.05, 0.1) is 4.92 Å². The molecule has 7 nitrogen and oxygen atoms in total. The van der Waals surface area contributed by atoms with Gasteiger partial charge in [0.2, 0.25) is 10.4 Å². The minimum atomic E-state index is -0.482. The van der Waals surface area contributed by atoms with Crippen molar-refractivity contribution in [2.75, 3.05) is 18.5 Å². The Balaban J connectivity index is 3.07. The summed E-state index contributed by atoms with van der Waals surface area (Å²) in [7, 11) is 0. The third-order valence-electron chi connectivity index (χ3n) is 1.94. The maximum absolute atomic E-state index is 10.8. The fraction of sp³-hybridized carbons (Fsp3) is 0.625. The lowest BCUT2D eigenvalue weighted by Gasteiger charge is -2.06. The number of halogens is 1. The number of aliphatic hydroxyl groups is 1. The minimum absolute atomic E-state index is 0.0246. The van der Waals surface area contributed by atoms with Crippen molar-refractivity contribution in [1.82, 2.24) is 9.78 Å². The zero-order chi connectivity index (χ0) is 12.1. The highest BCUT2D eigenvalue weighted by Gasteiger charge is 2.25. The molecule has 1 aromatic heterocycles. The lowest BCUT2D eigenvalue weighted by atomic mass is 10.4. The standard InChI is InChI=1S/C8H13BrN4O3/c1-2-10-8-6(13(15)16)7(9)11-12(8)4-3-5-14/h10,14H,2-5H2,1H3. The average Bonchev–Trinajstić information content (AvgIpc) is 2.52. The molecule has 90 valence electrons. The zero-order valence-corrected chi connectivity index (χ0v) is 10.4. The fourth-order valence-corrected chi connectivity index (χ4v) is 1.83. The van der Waals surface area contributed by atoms with Gasteiger partial charge < -0.3 is 10.4 Å². The Morgan fingerprint density at radius 3 is 2.88 bits per heavy atom. The molecule has 0 aliphatic rings. The first-order chi connectivity index (χ1) is 7.61. The largest absolute Gasteiger partial charge is 0.396 e. The molecule has 1 heterocycles. The van der Waals surface area contributed by atoms with E-state index in [9.17, 15) is 10.1 Å². The van der Waals surface area contributed by atoms with Crippen LogP contribution < -0.4 is 5.32 Å². The van der Waals surface area contributed by atoms with E-state index in [1.807, 2.05) is 6.92 Å². The summed E-state index contributed by atoms with van der Waals surface area (Å²) in [6.45, 7) is 2.88. The van der Waals surface area contributed by atoms with Crippen LogP contribution in [-0.4, -0.2) is 33.0 Å². The van der Waals surface area contributed by atoms with Crippen LogP contribution in [0.5, 0.6) is 0 Å². The molecule has 1 rings (SSSR count). The van der Waals surface area contributed by atoms with Crippen LogP contribution in [0.4, 0.5) is 11.5 Å². The first-order valence-corrected chi connectivity index (χ1v) is 5.66. The quantitative estimate of drug-likeness (QED) is 0.610. The molecule has 0 amide bonds. The number of aromatic nitrogens is 2. The number of nitrogens with zero attached hydrogens (tertiary/aromatic N) is 3. The van der Waals surface area contributed by atoms with Gasteiger partial charge in [-0.15, -0.1) is 0 Å². The van der Waals surface area contributed by atoms with Crippen LogP contribution in [0.3, 0.4) is 0 Å². The molecule has 0 aliphatic heterocycles. The predicted molar refractivity (Wildman–Crippen MR) is 62.4 cm³/mol. The Labute approximate surface area is 101 Å². The van der Waals surface area contributed by atoms with Crippen LogP contribution in [0, 0.1) is 10.1 Å². The van der Waals surface area contributed by atoms with E-state index in [0.29, 0.717) is 25.3 Å². The average molecular weight is 293 g/mol. The topological polar surface area (TPSA) is 93.2 Å². The Bertz CT molecular complexity index is 380. The van der Waals surface area contributed by atoms with Crippen molar-refractivity contribution in [1.29, 1.82) is 0 Å². The number of hydrogen-bond acceptors (Lipinski definition) is 5. The van der Waals surface area contributed by atoms with Gasteiger partial charge in [0.1, 0.15) is 0 Å². The third kappa shape index (κ3) is 2.70. The summed E-state index contributed by atoms with van der Waals surface area (Å²) in [6.07, 6.45) is 0.504. The molecule has 16 heavy (non-hydrogen) atoms. The van der Waals surface area contributed by atoms with Crippen molar-refractivity contribution in [2.24, 2.45) is 0 Å². The fourth-order valence-electron chi connectivity index (χ4n) is 1.31. The van der Waals surface area contributed by atoms with Gasteiger partial charge in [0.25, 0.3) is 0 Å². The molecule has 8 heteroatoms. The van der Waals surface area contributed by atoms with Crippen molar-refractivity contribution in [3.8, 4) is 0 Å². The van der Waals surface area contributed by atoms with Crippen LogP contribution in [0.1, 0.15) is 13.3 Å². The molecule has 0 atom stereocenters. The van der Waals surface area contributed by atoms with E-state index in [4.69, 9.17) is 5.11 Å². The van der Waals surface area contributed by atoms with E-state index < -0.39 is 4.92 Å². The second-order valence-electron chi connectivity index (χ2n) is 3.08. The highest BCUT2D eigenvalue weighted by molar-refractivity contribution is 9.10. The summed E-state index contributed by atoms with van der Waals surface area (Å²) in [5.74, 6) is 0.368. The van der Waals surface area contributed by atoms with Crippen LogP contribution in [0.25, 0.3) is 0 Å². The molecule has 1 aromatic rings. The maximum Gasteiger partial charge on any atom is 0.345 e. The van der Waals surface area contributed by atoms with Crippen molar-refractivity contribution in [2.45, 2.75) is 19.9 Å². The maximum atomic E-state index is 10.8. The lowest BCUT2D eigenvalue weighted by molar-refractivity contribution is -0.384. The number of anilines is 1. The molecular formula is C8H13BrN4O3. The third-order valence-corrected chi connectivity index (χ3v) is 2.48. The SMILES string of the molecule is CCNc1c([N+](=O)[O-])c(Br)nn1CCCO. The van der Waals surface area contributed by atoms with E-state index in [2.05, 4.69) is 26.3 Å². The summed E-state index contributed by atoms with van der Waals surface area (Å²) >= 11 is 3.05. The zero-order valence-electron chi connectivity index (χ0n) is 8.81. The molecule has 0 aliphatic carbocycles. The normalized spacial score (nSPS) is 10.4. The van der Waals surface area contributed by atoms with Crippen LogP contribution in [0.2, 0.25) is 0 Å². The van der Waals surface area contributed by atoms with Gasteiger partial charge in [-0.25, -0.2) is 4.68 Å². The van der Waals surface area contributed by atoms with Gasteiger partial charge in [-0.05, 0) is 29.3 Å². The first-order valence-electron chi connectivity index (χ1n) is 4.87. The molecule has 0 aromatic carbocycles. The van der Waals surface area contributed by atoms with Gasteiger partial charge in [0.15, 0.2) is 0 Å². The second-order valence-corrected chi connectivity index (χ2v) is 3.83. The second kappa shape index (κ2) is 5.80. The van der Waals surface area contributed by atoms with Crippen molar-refractivity contribution in [3.63, 3.8) is 0 Å². The van der Waals surface area contributed by atoms with E-state index in [1.165, 1.54) is 4.68 Å². The Hall–Kier alpha value is -1.15. The minimum Gasteiger partial charge on any atom is -0.396 e. The summed E-state index contributed by atoms with van der Waals surface area (Å²) < 4.78 is 1.69. The van der Waals surface area contributed by atoms with Crippen molar-refractivity contribution in [3.05, 3.63) is 14.7 Å². The van der Waals surface area contributed by atoms with Crippen molar-refractivity contribution >= 4 is 27.4 Å². The van der Waals surface area contributed by atoms with Crippen LogP contribution in [0.15, 0.2) is 4.60 Å². The number of nitro groups is 1. The highest BCUT2D eigenvalue weighted by atomic mass is 79.9. The molecule has 0 spiro atoms. The molecule has 0 unspecified atom stereocenters. The highest BCUT2D eigenvalue weighted by Crippen LogP contribution is 2.32. The van der Waals surface area contributed by atoms with Gasteiger partial charge in [-0.3, -0.25) is 10.1 Å². The summed E-state index contributed by atoms with van der Waals surface area (Å²) in [6, 6.07) is 0. The monoisotopic (exact) mass is 292 g/mol. The van der Waals surface area contributed by atoms with Gasteiger partial charge in [0, 0.05) is 19.7 Å². The Morgan fingerprint density at radius 2 is 2.38 bits per heavy atom. The Morgan fingerprint density at radius 1 is 1.69 bits per heavy atom. The van der Waals surface area contributed by atoms with E-state index in [-0.39, 0.29) is 16.9 Å². The summed E-state index contributed by atoms with van der Waals surface area (Å²) in [5, 5.41) is 26.5. The summed E-state index contributed by atoms with van der Waals surface area (Å²) in [5.41, 5.74) is -0.0696. The smallest absolute Gasteiger partial charge is 0.345 e. The van der Waals surface area contributed by atoms with Gasteiger partial charge in [-0.2, -0.15) is 5.10 Å². The molecule has 0 radical (unpaired) electrons. The molecule has 2 N–H and O–H groups in total. The lowest BCUT2D eigenvalue weighted by Crippen LogP contribution is -2.09. The van der Waals surface area contributed by atoms with Gasteiger partial charge >= 0.3 is 5.69 Å². The molecule has 0 fully saturated rings. The van der Waals surface area contributed by atoms with E-state index in [0.717, 1.165) is 0 Å². The number of nitrogens with one attached hydrogen (secondary N) is 1. The predicted octanol–water partition coefficient (Wildman–Crippen LogP) is 1.37. The molecule has 0 saturated heterocycles. The number of aliphatic hydroxyl groups excluding tert-OH is 1. The number of hydrogen-bond donors (Lipinski definition) is 2.